The van der Waals surface area contributed by atoms with E-state index in [1.165, 1.54) is 38.1 Å². The molecule has 9 nitrogen and oxygen atoms in total. The number of hydrogen-bond acceptors (Lipinski definition) is 6. The van der Waals surface area contributed by atoms with Crippen LogP contribution in [0.5, 0.6) is 5.75 Å². The van der Waals surface area contributed by atoms with Gasteiger partial charge in [0.1, 0.15) is 16.9 Å². The Morgan fingerprint density at radius 3 is 2.15 bits per heavy atom. The minimum absolute atomic E-state index is 0.0993. The van der Waals surface area contributed by atoms with Gasteiger partial charge in [-0.25, -0.2) is 9.59 Å². The molecule has 0 heterocycles. The van der Waals surface area contributed by atoms with Crippen LogP contribution in [0.1, 0.15) is 34.0 Å². The number of aliphatic carboxylic acids is 1. The molecule has 0 bridgehead atoms. The summed E-state index contributed by atoms with van der Waals surface area (Å²) in [5, 5.41) is 29.1. The van der Waals surface area contributed by atoms with Gasteiger partial charge in [-0.1, -0.05) is 12.1 Å². The van der Waals surface area contributed by atoms with Gasteiger partial charge in [0.2, 0.25) is 0 Å². The minimum atomic E-state index is -4.59. The fourth-order valence-electron chi connectivity index (χ4n) is 3.48. The second-order valence-electron chi connectivity index (χ2n) is 7.35. The van der Waals surface area contributed by atoms with E-state index in [-0.39, 0.29) is 33.4 Å². The Kier molecular flexibility index (Phi) is 6.08. The first-order chi connectivity index (χ1) is 15.3. The number of ketones is 1. The number of aryl methyl sites for hydroxylation is 1. The van der Waals surface area contributed by atoms with Crippen molar-refractivity contribution < 1.29 is 42.7 Å². The molecule has 33 heavy (non-hydrogen) atoms. The van der Waals surface area contributed by atoms with Gasteiger partial charge in [-0.05, 0) is 83.7 Å². The Bertz CT molecular complexity index is 1420. The SMILES string of the molecule is CC1=C/C(=C(/c2cccc(S(=O)(=O)O)c2)c2cc(C)c(O)c(C(=O)O)c2)C=C(C(=O)O)C1=O. The fourth-order valence-corrected chi connectivity index (χ4v) is 4.00. The standard InChI is InChI=1S/C23H18O9S/c1-11-6-14(9-17(20(11)24)22(26)27)19(13-4-3-5-16(8-13)33(30,31)32)15-7-12(2)21(25)18(10-15)23(28)29/h3-10,24H,1-2H3,(H,26,27)(H,28,29)(H,30,31,32)/b19-15+. The molecule has 4 N–H and O–H groups in total. The Morgan fingerprint density at radius 1 is 0.909 bits per heavy atom. The van der Waals surface area contributed by atoms with Crippen LogP contribution < -0.4 is 0 Å². The third-order valence-electron chi connectivity index (χ3n) is 5.03. The average molecular weight is 470 g/mol. The van der Waals surface area contributed by atoms with E-state index in [9.17, 15) is 42.7 Å². The number of carbonyl (C=O) groups is 3. The second-order valence-corrected chi connectivity index (χ2v) is 8.77. The number of rotatable bonds is 5. The molecule has 1 aliphatic carbocycles. The average Bonchev–Trinajstić information content (AvgIpc) is 2.72. The predicted octanol–water partition coefficient (Wildman–Crippen LogP) is 2.99. The number of carboxylic acids is 2. The quantitative estimate of drug-likeness (QED) is 0.379. The molecule has 0 unspecified atom stereocenters. The monoisotopic (exact) mass is 470 g/mol. The first-order valence-electron chi connectivity index (χ1n) is 9.38. The molecule has 0 saturated heterocycles. The van der Waals surface area contributed by atoms with Gasteiger partial charge >= 0.3 is 11.9 Å². The number of benzene rings is 2. The van der Waals surface area contributed by atoms with E-state index in [4.69, 9.17) is 0 Å². The van der Waals surface area contributed by atoms with Crippen LogP contribution in [-0.4, -0.2) is 46.0 Å². The zero-order valence-corrected chi connectivity index (χ0v) is 18.2. The lowest BCUT2D eigenvalue weighted by Gasteiger charge is -2.18. The second kappa shape index (κ2) is 8.49. The van der Waals surface area contributed by atoms with Crippen molar-refractivity contribution in [2.75, 3.05) is 0 Å². The van der Waals surface area contributed by atoms with Crippen LogP contribution in [0.15, 0.2) is 70.2 Å². The molecule has 2 aromatic rings. The van der Waals surface area contributed by atoms with E-state index in [2.05, 4.69) is 0 Å². The van der Waals surface area contributed by atoms with E-state index in [0.29, 0.717) is 0 Å². The molecule has 0 atom stereocenters. The third-order valence-corrected chi connectivity index (χ3v) is 5.88. The lowest BCUT2D eigenvalue weighted by molar-refractivity contribution is -0.134. The van der Waals surface area contributed by atoms with E-state index in [1.54, 1.807) is 0 Å². The highest BCUT2D eigenvalue weighted by molar-refractivity contribution is 7.85. The van der Waals surface area contributed by atoms with Crippen LogP contribution in [0, 0.1) is 6.92 Å². The molecule has 1 aliphatic rings. The maximum absolute atomic E-state index is 12.3. The molecular formula is C23H18O9S. The first kappa shape index (κ1) is 23.6. The van der Waals surface area contributed by atoms with Crippen LogP contribution in [0.25, 0.3) is 5.57 Å². The number of hydrogen-bond donors (Lipinski definition) is 4. The summed E-state index contributed by atoms with van der Waals surface area (Å²) in [5.74, 6) is -4.05. The van der Waals surface area contributed by atoms with Crippen LogP contribution >= 0.6 is 0 Å². The van der Waals surface area contributed by atoms with Gasteiger partial charge in [-0.2, -0.15) is 8.42 Å². The Balaban J connectivity index is 2.47. The van der Waals surface area contributed by atoms with Crippen molar-refractivity contribution >= 4 is 33.4 Å². The maximum Gasteiger partial charge on any atom is 0.339 e. The summed E-state index contributed by atoms with van der Waals surface area (Å²) in [7, 11) is -4.59. The number of Topliss-reactive ketones (excluding diaryl/α,β-unsaturated/α-hetero) is 1. The topological polar surface area (TPSA) is 166 Å². The normalized spacial score (nSPS) is 15.5. The van der Waals surface area contributed by atoms with Crippen LogP contribution in [0.2, 0.25) is 0 Å². The van der Waals surface area contributed by atoms with Crippen molar-refractivity contribution in [1.82, 2.24) is 0 Å². The molecule has 0 aliphatic heterocycles. The number of carboxylic acid groups (broad SMARTS) is 2. The van der Waals surface area contributed by atoms with Crippen LogP contribution in [0.4, 0.5) is 0 Å². The van der Waals surface area contributed by atoms with Crippen molar-refractivity contribution in [3.05, 3.63) is 87.5 Å². The van der Waals surface area contributed by atoms with E-state index in [0.717, 1.165) is 24.3 Å². The van der Waals surface area contributed by atoms with Gasteiger partial charge in [0.25, 0.3) is 10.1 Å². The zero-order valence-electron chi connectivity index (χ0n) is 17.4. The summed E-state index contributed by atoms with van der Waals surface area (Å²) in [6, 6.07) is 7.70. The van der Waals surface area contributed by atoms with Gasteiger partial charge in [-0.3, -0.25) is 9.35 Å². The number of phenols is 1. The van der Waals surface area contributed by atoms with Gasteiger partial charge < -0.3 is 15.3 Å². The largest absolute Gasteiger partial charge is 0.507 e. The first-order valence-corrected chi connectivity index (χ1v) is 10.8. The van der Waals surface area contributed by atoms with Gasteiger partial charge in [-0.15, -0.1) is 0 Å². The molecule has 0 fully saturated rings. The van der Waals surface area contributed by atoms with E-state index in [1.807, 2.05) is 0 Å². The van der Waals surface area contributed by atoms with Crippen molar-refractivity contribution in [1.29, 1.82) is 0 Å². The number of allylic oxidation sites excluding steroid dienone is 4. The lowest BCUT2D eigenvalue weighted by atomic mass is 9.85. The molecule has 0 aromatic heterocycles. The minimum Gasteiger partial charge on any atom is -0.507 e. The fraction of sp³-hybridized carbons (Fsp3) is 0.0870. The van der Waals surface area contributed by atoms with Gasteiger partial charge in [0, 0.05) is 0 Å². The summed E-state index contributed by atoms with van der Waals surface area (Å²) < 4.78 is 32.8. The summed E-state index contributed by atoms with van der Waals surface area (Å²) >= 11 is 0. The van der Waals surface area contributed by atoms with Crippen molar-refractivity contribution in [3.8, 4) is 5.75 Å². The van der Waals surface area contributed by atoms with Gasteiger partial charge in [0.05, 0.1) is 4.90 Å². The number of aromatic hydroxyl groups is 1. The summed E-state index contributed by atoms with van der Waals surface area (Å²) in [5.41, 5.74) is 0.137. The summed E-state index contributed by atoms with van der Waals surface area (Å²) in [6.45, 7) is 2.88. The molecule has 0 saturated carbocycles. The van der Waals surface area contributed by atoms with E-state index >= 15 is 0 Å². The molecule has 10 heteroatoms. The van der Waals surface area contributed by atoms with Crippen molar-refractivity contribution in [2.45, 2.75) is 18.7 Å². The Hall–Kier alpha value is -4.02. The third kappa shape index (κ3) is 4.61. The highest BCUT2D eigenvalue weighted by atomic mass is 32.2. The predicted molar refractivity (Wildman–Crippen MR) is 117 cm³/mol. The van der Waals surface area contributed by atoms with Gasteiger partial charge in [0.15, 0.2) is 5.78 Å². The maximum atomic E-state index is 12.3. The smallest absolute Gasteiger partial charge is 0.339 e. The molecule has 2 aromatic carbocycles. The Morgan fingerprint density at radius 2 is 1.58 bits per heavy atom. The highest BCUT2D eigenvalue weighted by Gasteiger charge is 2.26. The molecule has 0 spiro atoms. The van der Waals surface area contributed by atoms with Crippen molar-refractivity contribution in [2.24, 2.45) is 0 Å². The zero-order chi connectivity index (χ0) is 24.7. The van der Waals surface area contributed by atoms with Crippen molar-refractivity contribution in [3.63, 3.8) is 0 Å². The molecule has 0 amide bonds. The lowest BCUT2D eigenvalue weighted by Crippen LogP contribution is -2.17. The Labute approximate surface area is 188 Å². The van der Waals surface area contributed by atoms with Crippen LogP contribution in [0.3, 0.4) is 0 Å². The molecule has 0 radical (unpaired) electrons. The molecule has 170 valence electrons. The summed E-state index contributed by atoms with van der Waals surface area (Å²) in [6.07, 6.45) is 2.50. The number of aromatic carboxylic acids is 1. The molecule has 3 rings (SSSR count). The molecular weight excluding hydrogens is 452 g/mol. The summed E-state index contributed by atoms with van der Waals surface area (Å²) in [4.78, 5) is 35.1. The highest BCUT2D eigenvalue weighted by Crippen LogP contribution is 2.36. The van der Waals surface area contributed by atoms with Crippen LogP contribution in [-0.2, 0) is 19.7 Å². The number of carbonyl (C=O) groups excluding carboxylic acids is 1. The van der Waals surface area contributed by atoms with E-state index < -0.39 is 49.6 Å².